The van der Waals surface area contributed by atoms with Crippen LogP contribution in [0, 0.1) is 5.21 Å². The van der Waals surface area contributed by atoms with Gasteiger partial charge in [-0.05, 0) is 13.8 Å². The van der Waals surface area contributed by atoms with Gasteiger partial charge in [-0.1, -0.05) is 38.0 Å². The van der Waals surface area contributed by atoms with Crippen molar-refractivity contribution >= 4 is 31.8 Å². The molecule has 0 fully saturated rings. The molecule has 0 amide bonds. The maximum atomic E-state index is 11.7. The first-order valence-electron chi connectivity index (χ1n) is 5.66. The quantitative estimate of drug-likeness (QED) is 0.300. The molecule has 0 saturated heterocycles. The summed E-state index contributed by atoms with van der Waals surface area (Å²) in [6.07, 6.45) is 1.47. The summed E-state index contributed by atoms with van der Waals surface area (Å²) in [5.41, 5.74) is 5.94. The zero-order chi connectivity index (χ0) is 13.6. The molecule has 0 aliphatic carbocycles. The fourth-order valence-corrected chi connectivity index (χ4v) is 1.27. The number of hydrogen-bond acceptors (Lipinski definition) is 3. The molecule has 4 nitrogen and oxygen atoms in total. The number of pyridine rings is 1. The van der Waals surface area contributed by atoms with Gasteiger partial charge in [0.15, 0.2) is 0 Å². The molecule has 1 heterocycles. The molecule has 2 radical (unpaired) electrons. The van der Waals surface area contributed by atoms with E-state index in [1.807, 2.05) is 20.8 Å². The first-order valence-corrected chi connectivity index (χ1v) is 5.66. The van der Waals surface area contributed by atoms with E-state index >= 15 is 0 Å². The predicted molar refractivity (Wildman–Crippen MR) is 74.3 cm³/mol. The van der Waals surface area contributed by atoms with Crippen LogP contribution < -0.4 is 31.8 Å². The highest BCUT2D eigenvalue weighted by atomic mass is 16.5. The number of nitrogens with zero attached hydrogens (tertiary/aromatic N) is 1. The number of aromatic nitrogens is 1. The van der Waals surface area contributed by atoms with Gasteiger partial charge in [0.25, 0.3) is 5.82 Å². The van der Waals surface area contributed by atoms with Crippen molar-refractivity contribution in [3.8, 4) is 0 Å². The van der Waals surface area contributed by atoms with Gasteiger partial charge in [0, 0.05) is 0 Å². The van der Waals surface area contributed by atoms with Gasteiger partial charge in [-0.25, -0.2) is 4.73 Å². The van der Waals surface area contributed by atoms with Crippen LogP contribution in [0.15, 0.2) is 6.07 Å². The molecule has 0 aliphatic heterocycles. The Labute approximate surface area is 104 Å². The Morgan fingerprint density at radius 3 is 2.53 bits per heavy atom. The molecule has 0 aromatic carbocycles. The molecule has 3 N–H and O–H groups in total. The van der Waals surface area contributed by atoms with Crippen molar-refractivity contribution in [2.45, 2.75) is 33.9 Å². The smallest absolute Gasteiger partial charge is 0.286 e. The van der Waals surface area contributed by atoms with Crippen LogP contribution in [0.4, 0.5) is 5.82 Å². The van der Waals surface area contributed by atoms with Crippen molar-refractivity contribution in [1.29, 1.82) is 0 Å². The fourth-order valence-electron chi connectivity index (χ4n) is 1.27. The third-order valence-corrected chi connectivity index (χ3v) is 2.04. The Morgan fingerprint density at radius 2 is 2.12 bits per heavy atom. The lowest BCUT2D eigenvalue weighted by molar-refractivity contribution is -0.603. The second kappa shape index (κ2) is 6.96. The van der Waals surface area contributed by atoms with Crippen molar-refractivity contribution in [3.05, 3.63) is 21.8 Å². The molecule has 1 rings (SSSR count). The van der Waals surface area contributed by atoms with E-state index in [1.54, 1.807) is 19.1 Å². The lowest BCUT2D eigenvalue weighted by atomic mass is 9.96. The average molecular weight is 233 g/mol. The largest absolute Gasteiger partial charge is 0.710 e. The summed E-state index contributed by atoms with van der Waals surface area (Å²) in [5, 5.41) is 15.5. The van der Waals surface area contributed by atoms with Gasteiger partial charge in [-0.15, -0.1) is 0 Å². The van der Waals surface area contributed by atoms with E-state index < -0.39 is 0 Å². The van der Waals surface area contributed by atoms with Crippen molar-refractivity contribution < 1.29 is 4.73 Å². The summed E-state index contributed by atoms with van der Waals surface area (Å²) >= 11 is 0. The minimum atomic E-state index is -0.313. The summed E-state index contributed by atoms with van der Waals surface area (Å²) < 4.78 is 0.661. The second-order valence-electron chi connectivity index (χ2n) is 3.37. The van der Waals surface area contributed by atoms with Gasteiger partial charge in [0.1, 0.15) is 19.4 Å². The molecule has 0 saturated carbocycles. The Hall–Kier alpha value is -1.49. The van der Waals surface area contributed by atoms with Gasteiger partial charge in [0.05, 0.1) is 5.22 Å². The summed E-state index contributed by atoms with van der Waals surface area (Å²) in [7, 11) is 5.63. The van der Waals surface area contributed by atoms with Crippen LogP contribution in [0.2, 0.25) is 0 Å². The van der Waals surface area contributed by atoms with Gasteiger partial charge in [-0.2, -0.15) is 0 Å². The topological polar surface area (TPSA) is 65.0 Å². The lowest BCUT2D eigenvalue weighted by Crippen LogP contribution is -2.58. The normalized spacial score (nSPS) is 12.6. The van der Waals surface area contributed by atoms with E-state index in [9.17, 15) is 5.21 Å². The van der Waals surface area contributed by atoms with Crippen molar-refractivity contribution in [3.63, 3.8) is 0 Å². The Morgan fingerprint density at radius 1 is 1.59 bits per heavy atom. The molecule has 0 aliphatic rings. The number of hydrogen-bond donors (Lipinski definition) is 2. The minimum absolute atomic E-state index is 0.226. The molecule has 1 aromatic rings. The fraction of sp³-hybridized carbons (Fsp3) is 0.417. The van der Waals surface area contributed by atoms with Crippen LogP contribution in [0.5, 0.6) is 0 Å². The molecule has 0 bridgehead atoms. The van der Waals surface area contributed by atoms with Crippen LogP contribution >= 0.6 is 0 Å². The van der Waals surface area contributed by atoms with Crippen LogP contribution in [-0.4, -0.2) is 14.0 Å². The molecular formula is C12H20BN3O. The summed E-state index contributed by atoms with van der Waals surface area (Å²) in [6, 6.07) is 1.70. The molecule has 0 spiro atoms. The zero-order valence-electron chi connectivity index (χ0n) is 10.9. The monoisotopic (exact) mass is 233 g/mol. The number of anilines is 1. The summed E-state index contributed by atoms with van der Waals surface area (Å²) in [4.78, 5) is 0. The number of nitrogens with two attached hydrogens (primary N) is 1. The summed E-state index contributed by atoms with van der Waals surface area (Å²) in [5.74, 6) is 0.381. The average Bonchev–Trinajstić information content (AvgIpc) is 2.32. The van der Waals surface area contributed by atoms with E-state index in [4.69, 9.17) is 13.6 Å². The SMILES string of the molecule is CC.[B]c1c/c(=C/C)c(NC(C)N)[n+]([O-])c1=C. The van der Waals surface area contributed by atoms with E-state index in [-0.39, 0.29) is 11.5 Å². The van der Waals surface area contributed by atoms with Crippen molar-refractivity contribution in [1.82, 2.24) is 0 Å². The first-order chi connectivity index (χ1) is 7.97. The molecule has 5 heteroatoms. The lowest BCUT2D eigenvalue weighted by Gasteiger charge is -2.13. The zero-order valence-corrected chi connectivity index (χ0v) is 10.9. The number of nitrogens with one attached hydrogen (secondary N) is 1. The third kappa shape index (κ3) is 3.78. The van der Waals surface area contributed by atoms with Crippen molar-refractivity contribution in [2.75, 3.05) is 5.32 Å². The highest BCUT2D eigenvalue weighted by Gasteiger charge is 2.09. The third-order valence-electron chi connectivity index (χ3n) is 2.04. The van der Waals surface area contributed by atoms with E-state index in [2.05, 4.69) is 11.9 Å². The standard InChI is InChI=1S/C10H14BN3O.C2H6/c1-4-8-5-9(11)6(2)14(15)10(8)13-7(3)12;1-2/h4-5,7,13H,2,12H2,1,3H3;1-2H3/b8-4-;. The number of rotatable bonds is 2. The molecular weight excluding hydrogens is 213 g/mol. The van der Waals surface area contributed by atoms with Crippen molar-refractivity contribution in [2.24, 2.45) is 5.73 Å². The van der Waals surface area contributed by atoms with Crippen LogP contribution in [0.25, 0.3) is 12.7 Å². The molecule has 92 valence electrons. The van der Waals surface area contributed by atoms with Gasteiger partial charge < -0.3 is 5.21 Å². The van der Waals surface area contributed by atoms with Crippen LogP contribution in [0.3, 0.4) is 0 Å². The van der Waals surface area contributed by atoms with E-state index in [0.29, 0.717) is 21.2 Å². The Balaban J connectivity index is 0.00000121. The Kier molecular flexibility index (Phi) is 6.35. The summed E-state index contributed by atoms with van der Waals surface area (Å²) in [6.45, 7) is 11.2. The minimum Gasteiger partial charge on any atom is -0.710 e. The molecule has 1 aromatic heterocycles. The van der Waals surface area contributed by atoms with Gasteiger partial charge in [0.2, 0.25) is 0 Å². The first kappa shape index (κ1) is 15.5. The predicted octanol–water partition coefficient (Wildman–Crippen LogP) is -0.933. The van der Waals surface area contributed by atoms with Gasteiger partial charge in [-0.3, -0.25) is 11.1 Å². The van der Waals surface area contributed by atoms with E-state index in [0.717, 1.165) is 0 Å². The highest BCUT2D eigenvalue weighted by molar-refractivity contribution is 6.32. The Bertz CT molecular complexity index is 472. The maximum absolute atomic E-state index is 11.7. The van der Waals surface area contributed by atoms with Gasteiger partial charge >= 0.3 is 0 Å². The second-order valence-corrected chi connectivity index (χ2v) is 3.37. The maximum Gasteiger partial charge on any atom is 0.286 e. The molecule has 1 unspecified atom stereocenters. The van der Waals surface area contributed by atoms with E-state index in [1.165, 1.54) is 0 Å². The van der Waals surface area contributed by atoms with Crippen LogP contribution in [-0.2, 0) is 0 Å². The van der Waals surface area contributed by atoms with Crippen LogP contribution in [0.1, 0.15) is 27.7 Å². The molecule has 17 heavy (non-hydrogen) atoms. The molecule has 1 atom stereocenters. The highest BCUT2D eigenvalue weighted by Crippen LogP contribution is 1.88.